The van der Waals surface area contributed by atoms with Crippen molar-refractivity contribution in [3.63, 3.8) is 0 Å². The number of halogens is 7. The molecule has 0 aliphatic carbocycles. The molecule has 2 aromatic carbocycles. The van der Waals surface area contributed by atoms with Gasteiger partial charge in [-0.2, -0.15) is 22.0 Å². The Labute approximate surface area is 212 Å². The predicted octanol–water partition coefficient (Wildman–Crippen LogP) is 5.00. The molecule has 3 aromatic rings. The zero-order chi connectivity index (χ0) is 28.1. The molecule has 0 saturated heterocycles. The number of benzene rings is 2. The Morgan fingerprint density at radius 3 is 2.32 bits per heavy atom. The Morgan fingerprint density at radius 2 is 1.74 bits per heavy atom. The highest BCUT2D eigenvalue weighted by molar-refractivity contribution is 5.91. The van der Waals surface area contributed by atoms with Crippen LogP contribution in [0.5, 0.6) is 0 Å². The van der Waals surface area contributed by atoms with Crippen molar-refractivity contribution in [2.75, 3.05) is 0 Å². The van der Waals surface area contributed by atoms with Crippen molar-refractivity contribution in [1.29, 1.82) is 0 Å². The molecule has 0 aliphatic rings. The fourth-order valence-electron chi connectivity index (χ4n) is 3.38. The molecule has 0 amide bonds. The first-order valence-electron chi connectivity index (χ1n) is 10.9. The van der Waals surface area contributed by atoms with Gasteiger partial charge in [0.25, 0.3) is 0 Å². The number of hydrogen-bond donors (Lipinski definition) is 1. The fourth-order valence-corrected chi connectivity index (χ4v) is 3.38. The zero-order valence-electron chi connectivity index (χ0n) is 19.9. The van der Waals surface area contributed by atoms with Crippen molar-refractivity contribution in [2.45, 2.75) is 44.5 Å². The van der Waals surface area contributed by atoms with Gasteiger partial charge in [-0.1, -0.05) is 24.0 Å². The van der Waals surface area contributed by atoms with Crippen molar-refractivity contribution in [2.24, 2.45) is 4.99 Å². The summed E-state index contributed by atoms with van der Waals surface area (Å²) in [4.78, 5) is 3.69. The van der Waals surface area contributed by atoms with Crippen LogP contribution in [0.3, 0.4) is 0 Å². The summed E-state index contributed by atoms with van der Waals surface area (Å²) >= 11 is 0. The second-order valence-corrected chi connectivity index (χ2v) is 8.33. The third-order valence-corrected chi connectivity index (χ3v) is 5.35. The van der Waals surface area contributed by atoms with Crippen LogP contribution < -0.4 is 0 Å². The molecule has 0 saturated carbocycles. The van der Waals surface area contributed by atoms with Gasteiger partial charge in [0.05, 0.1) is 18.7 Å². The van der Waals surface area contributed by atoms with E-state index >= 15 is 8.78 Å². The van der Waals surface area contributed by atoms with Gasteiger partial charge in [0, 0.05) is 29.0 Å². The monoisotopic (exact) mass is 539 g/mol. The lowest BCUT2D eigenvalue weighted by atomic mass is 9.84. The molecule has 1 heterocycles. The van der Waals surface area contributed by atoms with Gasteiger partial charge in [0.15, 0.2) is 5.60 Å². The van der Waals surface area contributed by atoms with Crippen molar-refractivity contribution < 1.29 is 35.8 Å². The highest BCUT2D eigenvalue weighted by Crippen LogP contribution is 2.41. The first-order chi connectivity index (χ1) is 17.7. The maximum Gasteiger partial charge on any atom is 0.393 e. The summed E-state index contributed by atoms with van der Waals surface area (Å²) in [6.45, 7) is 1.37. The van der Waals surface area contributed by atoms with E-state index < -0.39 is 53.6 Å². The molecule has 0 radical (unpaired) electrons. The standard InChI is InChI=1S/C25H20F7N5O/c1-16(3-4-18-5-7-19(8-6-18)12-24(28,29)30)13-33-17(2)25(31,32)23(38,14-37-15-34-35-36-37)21-10-9-20(26)11-22(21)27/h5-11,13,15,38H,12,14H2,1-2H3/b16-13+,33-17?. The summed E-state index contributed by atoms with van der Waals surface area (Å²) in [7, 11) is 0. The molecule has 13 heteroatoms. The highest BCUT2D eigenvalue weighted by atomic mass is 19.4. The molecule has 1 aromatic heterocycles. The van der Waals surface area contributed by atoms with Crippen LogP contribution in [0, 0.1) is 23.5 Å². The van der Waals surface area contributed by atoms with Gasteiger partial charge in [-0.05, 0) is 54.1 Å². The van der Waals surface area contributed by atoms with Gasteiger partial charge in [-0.15, -0.1) is 5.10 Å². The van der Waals surface area contributed by atoms with Gasteiger partial charge in [-0.3, -0.25) is 4.99 Å². The molecule has 0 aliphatic heterocycles. The van der Waals surface area contributed by atoms with E-state index in [9.17, 15) is 27.1 Å². The van der Waals surface area contributed by atoms with Crippen LogP contribution in [0.4, 0.5) is 30.7 Å². The van der Waals surface area contributed by atoms with Crippen molar-refractivity contribution in [3.8, 4) is 11.8 Å². The predicted molar refractivity (Wildman–Crippen MR) is 123 cm³/mol. The molecule has 200 valence electrons. The average molecular weight is 539 g/mol. The lowest BCUT2D eigenvalue weighted by molar-refractivity contribution is -0.155. The Hall–Kier alpha value is -4.05. The third-order valence-electron chi connectivity index (χ3n) is 5.35. The number of alkyl halides is 5. The third kappa shape index (κ3) is 6.83. The minimum atomic E-state index is -4.34. The van der Waals surface area contributed by atoms with Crippen LogP contribution in [0.1, 0.15) is 30.5 Å². The molecule has 1 atom stereocenters. The van der Waals surface area contributed by atoms with E-state index in [1.54, 1.807) is 0 Å². The minimum Gasteiger partial charge on any atom is -0.377 e. The molecule has 38 heavy (non-hydrogen) atoms. The van der Waals surface area contributed by atoms with E-state index in [-0.39, 0.29) is 11.1 Å². The number of rotatable bonds is 7. The Balaban J connectivity index is 1.88. The van der Waals surface area contributed by atoms with Gasteiger partial charge < -0.3 is 5.11 Å². The molecule has 0 fully saturated rings. The van der Waals surface area contributed by atoms with Crippen LogP contribution in [0.25, 0.3) is 0 Å². The lowest BCUT2D eigenvalue weighted by Crippen LogP contribution is -2.53. The minimum absolute atomic E-state index is 0.0597. The molecule has 1 unspecified atom stereocenters. The SMILES string of the molecule is CC(=N/C=C(\C)C#Cc1ccc(CC(F)(F)F)cc1)C(F)(F)C(O)(Cn1cnnn1)c1ccc(F)cc1F. The Morgan fingerprint density at radius 1 is 1.05 bits per heavy atom. The van der Waals surface area contributed by atoms with E-state index in [1.165, 1.54) is 31.2 Å². The van der Waals surface area contributed by atoms with Crippen LogP contribution in [-0.4, -0.2) is 43.1 Å². The maximum absolute atomic E-state index is 15.6. The maximum atomic E-state index is 15.6. The summed E-state index contributed by atoms with van der Waals surface area (Å²) in [6, 6.07) is 7.11. The number of hydrogen-bond acceptors (Lipinski definition) is 5. The van der Waals surface area contributed by atoms with Crippen molar-refractivity contribution >= 4 is 5.71 Å². The number of tetrazole rings is 1. The first-order valence-corrected chi connectivity index (χ1v) is 10.9. The topological polar surface area (TPSA) is 76.2 Å². The van der Waals surface area contributed by atoms with E-state index in [0.717, 1.165) is 30.2 Å². The number of nitrogens with zero attached hydrogens (tertiary/aromatic N) is 5. The number of aliphatic hydroxyl groups is 1. The van der Waals surface area contributed by atoms with E-state index in [0.29, 0.717) is 17.7 Å². The van der Waals surface area contributed by atoms with Crippen molar-refractivity contribution in [3.05, 3.63) is 88.9 Å². The van der Waals surface area contributed by atoms with Crippen molar-refractivity contribution in [1.82, 2.24) is 20.2 Å². The van der Waals surface area contributed by atoms with Gasteiger partial charge in [0.1, 0.15) is 18.0 Å². The largest absolute Gasteiger partial charge is 0.393 e. The fraction of sp³-hybridized carbons (Fsp3) is 0.280. The van der Waals surface area contributed by atoms with Crippen LogP contribution in [0.2, 0.25) is 0 Å². The van der Waals surface area contributed by atoms with E-state index in [1.807, 2.05) is 0 Å². The lowest BCUT2D eigenvalue weighted by Gasteiger charge is -2.36. The number of aromatic nitrogens is 4. The summed E-state index contributed by atoms with van der Waals surface area (Å²) in [6.07, 6.45) is -3.49. The molecule has 1 N–H and O–H groups in total. The molecule has 6 nitrogen and oxygen atoms in total. The highest BCUT2D eigenvalue weighted by Gasteiger charge is 2.57. The molecule has 3 rings (SSSR count). The number of allylic oxidation sites excluding steroid dienone is 1. The molecule has 0 spiro atoms. The summed E-state index contributed by atoms with van der Waals surface area (Å²) < 4.78 is 97.3. The number of aliphatic imine (C=N–C) groups is 1. The molecule has 0 bridgehead atoms. The average Bonchev–Trinajstić information content (AvgIpc) is 3.33. The summed E-state index contributed by atoms with van der Waals surface area (Å²) in [5.74, 6) is -1.32. The van der Waals surface area contributed by atoms with Crippen LogP contribution >= 0.6 is 0 Å². The second-order valence-electron chi connectivity index (χ2n) is 8.33. The smallest absolute Gasteiger partial charge is 0.377 e. The normalized spacial score (nSPS) is 14.6. The first kappa shape index (κ1) is 28.5. The quantitative estimate of drug-likeness (QED) is 0.261. The van der Waals surface area contributed by atoms with Gasteiger partial charge in [0.2, 0.25) is 0 Å². The Bertz CT molecular complexity index is 1390. The summed E-state index contributed by atoms with van der Waals surface area (Å²) in [5, 5.41) is 21.2. The van der Waals surface area contributed by atoms with Crippen LogP contribution in [0.15, 0.2) is 65.6 Å². The van der Waals surface area contributed by atoms with Gasteiger partial charge >= 0.3 is 12.1 Å². The van der Waals surface area contributed by atoms with Crippen LogP contribution in [-0.2, 0) is 18.6 Å². The second kappa shape index (κ2) is 11.1. The van der Waals surface area contributed by atoms with E-state index in [4.69, 9.17) is 0 Å². The summed E-state index contributed by atoms with van der Waals surface area (Å²) in [5.41, 5.74) is -4.43. The Kier molecular flexibility index (Phi) is 8.36. The zero-order valence-corrected chi connectivity index (χ0v) is 19.9. The van der Waals surface area contributed by atoms with E-state index in [2.05, 4.69) is 32.4 Å². The molecular formula is C25H20F7N5O. The van der Waals surface area contributed by atoms with Gasteiger partial charge in [-0.25, -0.2) is 13.5 Å². The molecular weight excluding hydrogens is 519 g/mol.